The highest BCUT2D eigenvalue weighted by Gasteiger charge is 2.28. The van der Waals surface area contributed by atoms with Gasteiger partial charge in [-0.1, -0.05) is 12.1 Å². The lowest BCUT2D eigenvalue weighted by Gasteiger charge is -2.14. The molecule has 2 N–H and O–H groups in total. The third-order valence-corrected chi connectivity index (χ3v) is 3.34. The molecule has 1 fully saturated rings. The number of hydrogen-bond acceptors (Lipinski definition) is 4. The number of nitrogens with one attached hydrogen (secondary N) is 2. The molecular weight excluding hydrogens is 270 g/mol. The van der Waals surface area contributed by atoms with Gasteiger partial charge in [0, 0.05) is 31.5 Å². The Bertz CT molecular complexity index is 524. The average molecular weight is 289 g/mol. The van der Waals surface area contributed by atoms with Gasteiger partial charge in [0.15, 0.2) is 0 Å². The molecule has 0 bridgehead atoms. The first-order chi connectivity index (χ1) is 10.1. The van der Waals surface area contributed by atoms with Crippen molar-refractivity contribution in [3.05, 3.63) is 29.8 Å². The van der Waals surface area contributed by atoms with Crippen LogP contribution in [0.5, 0.6) is 0 Å². The van der Waals surface area contributed by atoms with Crippen LogP contribution in [0, 0.1) is 0 Å². The van der Waals surface area contributed by atoms with E-state index in [9.17, 15) is 14.4 Å². The molecule has 0 unspecified atom stereocenters. The van der Waals surface area contributed by atoms with E-state index in [-0.39, 0.29) is 17.7 Å². The topological polar surface area (TPSA) is 78.5 Å². The molecule has 0 radical (unpaired) electrons. The Kier molecular flexibility index (Phi) is 5.05. The maximum Gasteiger partial charge on any atom is 0.229 e. The van der Waals surface area contributed by atoms with Crippen molar-refractivity contribution in [1.82, 2.24) is 10.2 Å². The fraction of sp³-hybridized carbons (Fsp3) is 0.400. The first-order valence-electron chi connectivity index (χ1n) is 6.96. The largest absolute Gasteiger partial charge is 0.326 e. The molecule has 6 nitrogen and oxygen atoms in total. The second-order valence-electron chi connectivity index (χ2n) is 4.97. The number of hydrogen-bond donors (Lipinski definition) is 2. The van der Waals surface area contributed by atoms with Gasteiger partial charge >= 0.3 is 0 Å². The van der Waals surface area contributed by atoms with E-state index in [0.717, 1.165) is 5.56 Å². The molecule has 1 heterocycles. The van der Waals surface area contributed by atoms with E-state index in [1.165, 1.54) is 4.90 Å². The number of benzene rings is 1. The summed E-state index contributed by atoms with van der Waals surface area (Å²) in [4.78, 5) is 35.9. The molecule has 1 saturated heterocycles. The Morgan fingerprint density at radius 3 is 2.33 bits per heavy atom. The molecule has 2 rings (SSSR count). The first kappa shape index (κ1) is 15.2. The van der Waals surface area contributed by atoms with Crippen LogP contribution in [0.25, 0.3) is 0 Å². The highest BCUT2D eigenvalue weighted by Crippen LogP contribution is 2.17. The molecule has 1 aliphatic heterocycles. The lowest BCUT2D eigenvalue weighted by Crippen LogP contribution is -2.28. The highest BCUT2D eigenvalue weighted by atomic mass is 16.2. The number of nitrogens with zero attached hydrogens (tertiary/aromatic N) is 1. The van der Waals surface area contributed by atoms with Crippen molar-refractivity contribution in [2.24, 2.45) is 0 Å². The van der Waals surface area contributed by atoms with Gasteiger partial charge in [-0.2, -0.15) is 0 Å². The molecule has 21 heavy (non-hydrogen) atoms. The van der Waals surface area contributed by atoms with E-state index >= 15 is 0 Å². The van der Waals surface area contributed by atoms with E-state index < -0.39 is 0 Å². The Hall–Kier alpha value is -2.21. The molecular formula is C15H19N3O3. The number of rotatable bonds is 6. The molecule has 0 aromatic heterocycles. The Balaban J connectivity index is 1.91. The summed E-state index contributed by atoms with van der Waals surface area (Å²) in [5.74, 6) is -0.295. The number of carbonyl (C=O) groups is 3. The van der Waals surface area contributed by atoms with E-state index in [0.29, 0.717) is 38.0 Å². The Labute approximate surface area is 123 Å². The van der Waals surface area contributed by atoms with E-state index in [4.69, 9.17) is 0 Å². The molecule has 3 amide bonds. The molecule has 1 aromatic rings. The van der Waals surface area contributed by atoms with E-state index in [1.807, 2.05) is 12.1 Å². The van der Waals surface area contributed by atoms with Gasteiger partial charge in [0.25, 0.3) is 0 Å². The molecule has 0 spiro atoms. The molecule has 0 aliphatic carbocycles. The summed E-state index contributed by atoms with van der Waals surface area (Å²) >= 11 is 0. The van der Waals surface area contributed by atoms with Crippen molar-refractivity contribution in [3.63, 3.8) is 0 Å². The smallest absolute Gasteiger partial charge is 0.229 e. The lowest BCUT2D eigenvalue weighted by atomic mass is 10.2. The third kappa shape index (κ3) is 4.13. The average Bonchev–Trinajstić information content (AvgIpc) is 2.79. The molecule has 0 saturated carbocycles. The zero-order chi connectivity index (χ0) is 15.2. The van der Waals surface area contributed by atoms with Gasteiger partial charge in [0.2, 0.25) is 17.7 Å². The fourth-order valence-corrected chi connectivity index (χ4v) is 2.14. The van der Waals surface area contributed by atoms with Gasteiger partial charge in [0.05, 0.1) is 6.54 Å². The molecule has 1 aromatic carbocycles. The number of imide groups is 1. The monoisotopic (exact) mass is 289 g/mol. The molecule has 0 atom stereocenters. The second-order valence-corrected chi connectivity index (χ2v) is 4.97. The van der Waals surface area contributed by atoms with E-state index in [1.54, 1.807) is 19.2 Å². The maximum absolute atomic E-state index is 11.6. The van der Waals surface area contributed by atoms with Crippen molar-refractivity contribution < 1.29 is 14.4 Å². The van der Waals surface area contributed by atoms with Gasteiger partial charge in [-0.25, -0.2) is 0 Å². The van der Waals surface area contributed by atoms with Crippen molar-refractivity contribution in [2.45, 2.75) is 25.8 Å². The highest BCUT2D eigenvalue weighted by molar-refractivity contribution is 6.01. The predicted molar refractivity (Wildman–Crippen MR) is 78.4 cm³/mol. The van der Waals surface area contributed by atoms with Crippen LogP contribution in [0.2, 0.25) is 0 Å². The number of anilines is 1. The summed E-state index contributed by atoms with van der Waals surface area (Å²) in [6.07, 6.45) is 1.02. The van der Waals surface area contributed by atoms with Crippen LogP contribution in [0.1, 0.15) is 24.8 Å². The summed E-state index contributed by atoms with van der Waals surface area (Å²) in [6, 6.07) is 7.17. The summed E-state index contributed by atoms with van der Waals surface area (Å²) in [7, 11) is 1.79. The van der Waals surface area contributed by atoms with Crippen LogP contribution in [-0.4, -0.2) is 36.2 Å². The lowest BCUT2D eigenvalue weighted by molar-refractivity contribution is -0.139. The fourth-order valence-electron chi connectivity index (χ4n) is 2.14. The SMILES string of the molecule is CNCCC(=O)Nc1ccc(CN2C(=O)CCC2=O)cc1. The van der Waals surface area contributed by atoms with Crippen LogP contribution >= 0.6 is 0 Å². The van der Waals surface area contributed by atoms with Crippen LogP contribution in [0.3, 0.4) is 0 Å². The van der Waals surface area contributed by atoms with Crippen molar-refractivity contribution in [3.8, 4) is 0 Å². The van der Waals surface area contributed by atoms with E-state index in [2.05, 4.69) is 10.6 Å². The standard InChI is InChI=1S/C15H19N3O3/c1-16-9-8-13(19)17-12-4-2-11(3-5-12)10-18-14(20)6-7-15(18)21/h2-5,16H,6-10H2,1H3,(H,17,19). The number of likely N-dealkylation sites (tertiary alicyclic amines) is 1. The van der Waals surface area contributed by atoms with Crippen molar-refractivity contribution >= 4 is 23.4 Å². The van der Waals surface area contributed by atoms with Crippen molar-refractivity contribution in [1.29, 1.82) is 0 Å². The van der Waals surface area contributed by atoms with Crippen LogP contribution in [0.15, 0.2) is 24.3 Å². The first-order valence-corrected chi connectivity index (χ1v) is 6.96. The minimum atomic E-state index is -0.121. The molecule has 6 heteroatoms. The summed E-state index contributed by atoms with van der Waals surface area (Å²) in [5, 5.41) is 5.70. The predicted octanol–water partition coefficient (Wildman–Crippen LogP) is 0.884. The van der Waals surface area contributed by atoms with Gasteiger partial charge in [-0.05, 0) is 24.7 Å². The van der Waals surface area contributed by atoms with Crippen LogP contribution in [-0.2, 0) is 20.9 Å². The summed E-state index contributed by atoms with van der Waals surface area (Å²) in [6.45, 7) is 0.925. The minimum Gasteiger partial charge on any atom is -0.326 e. The van der Waals surface area contributed by atoms with Gasteiger partial charge in [-0.3, -0.25) is 19.3 Å². The number of amides is 3. The quantitative estimate of drug-likeness (QED) is 0.762. The minimum absolute atomic E-state index is 0.0537. The molecule has 1 aliphatic rings. The van der Waals surface area contributed by atoms with Gasteiger partial charge in [0.1, 0.15) is 0 Å². The Morgan fingerprint density at radius 2 is 1.76 bits per heavy atom. The second kappa shape index (κ2) is 6.99. The van der Waals surface area contributed by atoms with Crippen LogP contribution < -0.4 is 10.6 Å². The van der Waals surface area contributed by atoms with Crippen LogP contribution in [0.4, 0.5) is 5.69 Å². The van der Waals surface area contributed by atoms with Gasteiger partial charge in [-0.15, -0.1) is 0 Å². The van der Waals surface area contributed by atoms with Gasteiger partial charge < -0.3 is 10.6 Å². The zero-order valence-electron chi connectivity index (χ0n) is 12.0. The number of carbonyl (C=O) groups excluding carboxylic acids is 3. The summed E-state index contributed by atoms with van der Waals surface area (Å²) in [5.41, 5.74) is 1.57. The zero-order valence-corrected chi connectivity index (χ0v) is 12.0. The Morgan fingerprint density at radius 1 is 1.14 bits per heavy atom. The van der Waals surface area contributed by atoms with Crippen molar-refractivity contribution in [2.75, 3.05) is 18.9 Å². The normalized spacial score (nSPS) is 14.6. The third-order valence-electron chi connectivity index (χ3n) is 3.34. The summed E-state index contributed by atoms with van der Waals surface area (Å²) < 4.78 is 0. The maximum atomic E-state index is 11.6. The molecule has 112 valence electrons.